The second kappa shape index (κ2) is 4.39. The van der Waals surface area contributed by atoms with E-state index in [0.29, 0.717) is 16.1 Å². The van der Waals surface area contributed by atoms with Gasteiger partial charge in [0.05, 0.1) is 5.69 Å². The van der Waals surface area contributed by atoms with Gasteiger partial charge in [-0.2, -0.15) is 5.10 Å². The molecule has 0 unspecified atom stereocenters. The molecule has 16 heavy (non-hydrogen) atoms. The van der Waals surface area contributed by atoms with Gasteiger partial charge < -0.3 is 0 Å². The highest BCUT2D eigenvalue weighted by atomic mass is 35.5. The monoisotopic (exact) mass is 256 g/mol. The topological polar surface area (TPSA) is 43.6 Å². The molecule has 0 bridgehead atoms. The van der Waals surface area contributed by atoms with E-state index in [2.05, 4.69) is 15.3 Å². The lowest BCUT2D eigenvalue weighted by molar-refractivity contribution is 0.792. The SMILES string of the molecule is CCc1nn(-c2ccc(Cl)nn2)c(Cl)c1C. The van der Waals surface area contributed by atoms with E-state index in [1.54, 1.807) is 16.8 Å². The fraction of sp³-hybridized carbons (Fsp3) is 0.300. The summed E-state index contributed by atoms with van der Waals surface area (Å²) in [6, 6.07) is 3.38. The summed E-state index contributed by atoms with van der Waals surface area (Å²) < 4.78 is 1.57. The van der Waals surface area contributed by atoms with Crippen molar-refractivity contribution in [1.29, 1.82) is 0 Å². The minimum absolute atomic E-state index is 0.347. The molecule has 0 aliphatic rings. The first-order valence-corrected chi connectivity index (χ1v) is 5.62. The summed E-state index contributed by atoms with van der Waals surface area (Å²) in [6.07, 6.45) is 0.833. The van der Waals surface area contributed by atoms with Crippen molar-refractivity contribution >= 4 is 23.2 Å². The van der Waals surface area contributed by atoms with Crippen LogP contribution in [0.3, 0.4) is 0 Å². The Bertz CT molecular complexity index is 504. The molecule has 0 aromatic carbocycles. The van der Waals surface area contributed by atoms with Crippen LogP contribution in [-0.2, 0) is 6.42 Å². The first-order valence-electron chi connectivity index (χ1n) is 4.87. The molecule has 0 N–H and O–H groups in total. The van der Waals surface area contributed by atoms with Crippen molar-refractivity contribution in [3.63, 3.8) is 0 Å². The summed E-state index contributed by atoms with van der Waals surface area (Å²) in [6.45, 7) is 3.97. The second-order valence-electron chi connectivity index (χ2n) is 3.34. The third-order valence-corrected chi connectivity index (χ3v) is 2.96. The Morgan fingerprint density at radius 3 is 2.50 bits per heavy atom. The smallest absolute Gasteiger partial charge is 0.177 e. The zero-order valence-corrected chi connectivity index (χ0v) is 10.4. The highest BCUT2D eigenvalue weighted by Gasteiger charge is 2.13. The average molecular weight is 257 g/mol. The van der Waals surface area contributed by atoms with Crippen LogP contribution in [0.5, 0.6) is 0 Å². The van der Waals surface area contributed by atoms with Crippen LogP contribution in [0.25, 0.3) is 5.82 Å². The van der Waals surface area contributed by atoms with Crippen molar-refractivity contribution < 1.29 is 0 Å². The van der Waals surface area contributed by atoms with Crippen LogP contribution in [0.1, 0.15) is 18.2 Å². The highest BCUT2D eigenvalue weighted by Crippen LogP contribution is 2.22. The van der Waals surface area contributed by atoms with Gasteiger partial charge in [-0.1, -0.05) is 30.1 Å². The molecule has 2 aromatic heterocycles. The zero-order valence-electron chi connectivity index (χ0n) is 8.91. The normalized spacial score (nSPS) is 10.8. The van der Waals surface area contributed by atoms with E-state index in [9.17, 15) is 0 Å². The van der Waals surface area contributed by atoms with E-state index in [4.69, 9.17) is 23.2 Å². The first kappa shape index (κ1) is 11.4. The Morgan fingerprint density at radius 2 is 2.00 bits per heavy atom. The fourth-order valence-electron chi connectivity index (χ4n) is 1.43. The second-order valence-corrected chi connectivity index (χ2v) is 4.09. The molecule has 0 saturated heterocycles. The lowest BCUT2D eigenvalue weighted by Gasteiger charge is -2.00. The number of halogens is 2. The van der Waals surface area contributed by atoms with Gasteiger partial charge >= 0.3 is 0 Å². The molecule has 6 heteroatoms. The minimum Gasteiger partial charge on any atom is -0.201 e. The Labute approximate surface area is 103 Å². The lowest BCUT2D eigenvalue weighted by atomic mass is 10.2. The number of hydrogen-bond acceptors (Lipinski definition) is 3. The van der Waals surface area contributed by atoms with Gasteiger partial charge in [0.25, 0.3) is 0 Å². The predicted molar refractivity (Wildman–Crippen MR) is 63.3 cm³/mol. The van der Waals surface area contributed by atoms with Crippen molar-refractivity contribution in [2.75, 3.05) is 0 Å². The average Bonchev–Trinajstić information content (AvgIpc) is 2.57. The predicted octanol–water partition coefficient (Wildman–Crippen LogP) is 2.84. The van der Waals surface area contributed by atoms with Crippen LogP contribution in [0.15, 0.2) is 12.1 Å². The zero-order chi connectivity index (χ0) is 11.7. The van der Waals surface area contributed by atoms with Gasteiger partial charge in [0.2, 0.25) is 0 Å². The van der Waals surface area contributed by atoms with Gasteiger partial charge in [0.15, 0.2) is 11.0 Å². The van der Waals surface area contributed by atoms with Gasteiger partial charge in [-0.25, -0.2) is 4.68 Å². The standard InChI is InChI=1S/C10H10Cl2N4/c1-3-7-6(2)10(12)16(15-7)9-5-4-8(11)13-14-9/h4-5H,3H2,1-2H3. The molecule has 0 fully saturated rings. The van der Waals surface area contributed by atoms with Crippen molar-refractivity contribution in [2.45, 2.75) is 20.3 Å². The maximum absolute atomic E-state index is 6.17. The maximum atomic E-state index is 6.17. The molecule has 4 nitrogen and oxygen atoms in total. The largest absolute Gasteiger partial charge is 0.201 e. The van der Waals surface area contributed by atoms with Crippen molar-refractivity contribution in [2.24, 2.45) is 0 Å². The van der Waals surface area contributed by atoms with Gasteiger partial charge in [0.1, 0.15) is 5.15 Å². The summed E-state index contributed by atoms with van der Waals surface area (Å²) in [5.74, 6) is 0.567. The lowest BCUT2D eigenvalue weighted by Crippen LogP contribution is -2.01. The van der Waals surface area contributed by atoms with Crippen LogP contribution in [0, 0.1) is 6.92 Å². The molecule has 0 saturated carbocycles. The van der Waals surface area contributed by atoms with E-state index in [0.717, 1.165) is 17.7 Å². The van der Waals surface area contributed by atoms with Gasteiger partial charge in [-0.3, -0.25) is 0 Å². The molecule has 0 aliphatic heterocycles. The summed E-state index contributed by atoms with van der Waals surface area (Å²) >= 11 is 11.8. The number of nitrogens with zero attached hydrogens (tertiary/aromatic N) is 4. The fourth-order valence-corrected chi connectivity index (χ4v) is 1.76. The number of rotatable bonds is 2. The first-order chi connectivity index (χ1) is 7.63. The molecule has 2 aromatic rings. The summed E-state index contributed by atoms with van der Waals surface area (Å²) in [5, 5.41) is 13.0. The van der Waals surface area contributed by atoms with E-state index in [1.165, 1.54) is 0 Å². The van der Waals surface area contributed by atoms with E-state index in [-0.39, 0.29) is 0 Å². The van der Waals surface area contributed by atoms with Crippen molar-refractivity contribution in [3.8, 4) is 5.82 Å². The Balaban J connectivity index is 2.52. The minimum atomic E-state index is 0.347. The van der Waals surface area contributed by atoms with Gasteiger partial charge in [-0.15, -0.1) is 10.2 Å². The van der Waals surface area contributed by atoms with Gasteiger partial charge in [-0.05, 0) is 25.5 Å². The number of hydrogen-bond donors (Lipinski definition) is 0. The number of aryl methyl sites for hydroxylation is 1. The Morgan fingerprint density at radius 1 is 1.25 bits per heavy atom. The van der Waals surface area contributed by atoms with Crippen LogP contribution < -0.4 is 0 Å². The number of aromatic nitrogens is 4. The molecule has 2 rings (SSSR count). The molecule has 0 radical (unpaired) electrons. The molecule has 0 aliphatic carbocycles. The summed E-state index contributed by atoms with van der Waals surface area (Å²) in [7, 11) is 0. The summed E-state index contributed by atoms with van der Waals surface area (Å²) in [5.41, 5.74) is 1.93. The van der Waals surface area contributed by atoms with Crippen molar-refractivity contribution in [1.82, 2.24) is 20.0 Å². The van der Waals surface area contributed by atoms with Crippen LogP contribution in [-0.4, -0.2) is 20.0 Å². The van der Waals surface area contributed by atoms with E-state index >= 15 is 0 Å². The third kappa shape index (κ3) is 1.90. The van der Waals surface area contributed by atoms with Gasteiger partial charge in [0, 0.05) is 5.56 Å². The highest BCUT2D eigenvalue weighted by molar-refractivity contribution is 6.30. The van der Waals surface area contributed by atoms with Crippen molar-refractivity contribution in [3.05, 3.63) is 33.7 Å². The summed E-state index contributed by atoms with van der Waals surface area (Å²) in [4.78, 5) is 0. The van der Waals surface area contributed by atoms with Crippen LogP contribution in [0.2, 0.25) is 10.3 Å². The molecule has 0 atom stereocenters. The molecule has 2 heterocycles. The molecule has 0 amide bonds. The molecule has 84 valence electrons. The quantitative estimate of drug-likeness (QED) is 0.830. The van der Waals surface area contributed by atoms with Crippen LogP contribution >= 0.6 is 23.2 Å². The van der Waals surface area contributed by atoms with E-state index in [1.807, 2.05) is 13.8 Å². The molecular weight excluding hydrogens is 247 g/mol. The maximum Gasteiger partial charge on any atom is 0.177 e. The van der Waals surface area contributed by atoms with E-state index < -0.39 is 0 Å². The molecule has 0 spiro atoms. The van der Waals surface area contributed by atoms with Crippen LogP contribution in [0.4, 0.5) is 0 Å². The third-order valence-electron chi connectivity index (χ3n) is 2.32. The Hall–Kier alpha value is -1.13. The molecular formula is C10H10Cl2N4. The Kier molecular flexibility index (Phi) is 3.12.